The number of aliphatic hydroxyl groups is 1. The number of hydrogen-bond acceptors (Lipinski definition) is 2. The van der Waals surface area contributed by atoms with Gasteiger partial charge in [0.05, 0.1) is 30.0 Å². The molecular formula is C17H17FN2O. The fourth-order valence-corrected chi connectivity index (χ4v) is 2.78. The molecule has 3 nitrogen and oxygen atoms in total. The Balaban J connectivity index is 1.95. The lowest BCUT2D eigenvalue weighted by atomic mass is 10.00. The minimum Gasteiger partial charge on any atom is -0.386 e. The van der Waals surface area contributed by atoms with Gasteiger partial charge in [0.2, 0.25) is 0 Å². The molecule has 1 N–H and O–H groups in total. The van der Waals surface area contributed by atoms with Crippen molar-refractivity contribution in [2.24, 2.45) is 0 Å². The van der Waals surface area contributed by atoms with Crippen LogP contribution in [0.5, 0.6) is 0 Å². The summed E-state index contributed by atoms with van der Waals surface area (Å²) in [6, 6.07) is 11.0. The quantitative estimate of drug-likeness (QED) is 0.799. The number of halogens is 1. The van der Waals surface area contributed by atoms with Crippen molar-refractivity contribution in [1.29, 1.82) is 0 Å². The Kier molecular flexibility index (Phi) is 3.47. The van der Waals surface area contributed by atoms with E-state index in [9.17, 15) is 9.50 Å². The SMILES string of the molecule is Cc1cc(C)c(C(O)Cn2cnc3ccccc32)c(F)c1. The normalized spacial score (nSPS) is 12.8. The second-order valence-corrected chi connectivity index (χ2v) is 5.38. The molecule has 1 aromatic heterocycles. The lowest BCUT2D eigenvalue weighted by Gasteiger charge is -2.16. The molecule has 1 unspecified atom stereocenters. The fraction of sp³-hybridized carbons (Fsp3) is 0.235. The van der Waals surface area contributed by atoms with E-state index in [2.05, 4.69) is 4.98 Å². The number of nitrogens with zero attached hydrogens (tertiary/aromatic N) is 2. The Morgan fingerprint density at radius 3 is 2.76 bits per heavy atom. The van der Waals surface area contributed by atoms with Crippen LogP contribution in [0.25, 0.3) is 11.0 Å². The summed E-state index contributed by atoms with van der Waals surface area (Å²) in [5.41, 5.74) is 3.78. The van der Waals surface area contributed by atoms with Gasteiger partial charge in [-0.15, -0.1) is 0 Å². The number of aliphatic hydroxyl groups excluding tert-OH is 1. The number of aryl methyl sites for hydroxylation is 2. The molecule has 2 aromatic carbocycles. The number of imidazole rings is 1. The zero-order valence-corrected chi connectivity index (χ0v) is 12.0. The third kappa shape index (κ3) is 2.54. The monoisotopic (exact) mass is 284 g/mol. The molecule has 1 atom stereocenters. The lowest BCUT2D eigenvalue weighted by Crippen LogP contribution is -2.11. The van der Waals surface area contributed by atoms with Crippen molar-refractivity contribution < 1.29 is 9.50 Å². The summed E-state index contributed by atoms with van der Waals surface area (Å²) in [6.45, 7) is 3.94. The number of aromatic nitrogens is 2. The molecule has 4 heteroatoms. The molecule has 3 rings (SSSR count). The second kappa shape index (κ2) is 5.30. The fourth-order valence-electron chi connectivity index (χ4n) is 2.78. The van der Waals surface area contributed by atoms with Crippen molar-refractivity contribution in [3.63, 3.8) is 0 Å². The predicted octanol–water partition coefficient (Wildman–Crippen LogP) is 3.53. The van der Waals surface area contributed by atoms with E-state index in [0.29, 0.717) is 5.56 Å². The minimum absolute atomic E-state index is 0.279. The molecule has 0 fully saturated rings. The van der Waals surface area contributed by atoms with Crippen LogP contribution in [-0.2, 0) is 6.54 Å². The maximum absolute atomic E-state index is 14.1. The van der Waals surface area contributed by atoms with Crippen molar-refractivity contribution in [2.75, 3.05) is 0 Å². The van der Waals surface area contributed by atoms with Gasteiger partial charge in [0.1, 0.15) is 5.82 Å². The van der Waals surface area contributed by atoms with Gasteiger partial charge in [0.25, 0.3) is 0 Å². The van der Waals surface area contributed by atoms with E-state index < -0.39 is 6.10 Å². The van der Waals surface area contributed by atoms with Crippen molar-refractivity contribution in [3.05, 3.63) is 65.2 Å². The maximum atomic E-state index is 14.1. The first kappa shape index (κ1) is 13.8. The Labute approximate surface area is 122 Å². The molecule has 3 aromatic rings. The summed E-state index contributed by atoms with van der Waals surface area (Å²) < 4.78 is 16.0. The molecule has 21 heavy (non-hydrogen) atoms. The molecular weight excluding hydrogens is 267 g/mol. The van der Waals surface area contributed by atoms with E-state index in [4.69, 9.17) is 0 Å². The van der Waals surface area contributed by atoms with Crippen molar-refractivity contribution >= 4 is 11.0 Å². The summed E-state index contributed by atoms with van der Waals surface area (Å²) in [5.74, 6) is -0.357. The van der Waals surface area contributed by atoms with E-state index in [0.717, 1.165) is 22.2 Å². The van der Waals surface area contributed by atoms with Gasteiger partial charge in [-0.05, 0) is 43.2 Å². The molecule has 0 aliphatic carbocycles. The highest BCUT2D eigenvalue weighted by Crippen LogP contribution is 2.25. The molecule has 0 bridgehead atoms. The molecule has 1 heterocycles. The minimum atomic E-state index is -0.900. The van der Waals surface area contributed by atoms with Crippen LogP contribution in [0.15, 0.2) is 42.7 Å². The summed E-state index contributed by atoms with van der Waals surface area (Å²) in [7, 11) is 0. The summed E-state index contributed by atoms with van der Waals surface area (Å²) in [4.78, 5) is 4.28. The van der Waals surface area contributed by atoms with Crippen LogP contribution >= 0.6 is 0 Å². The summed E-state index contributed by atoms with van der Waals surface area (Å²) >= 11 is 0. The molecule has 0 aliphatic rings. The smallest absolute Gasteiger partial charge is 0.129 e. The zero-order valence-electron chi connectivity index (χ0n) is 12.0. The van der Waals surface area contributed by atoms with Gasteiger partial charge >= 0.3 is 0 Å². The van der Waals surface area contributed by atoms with Crippen LogP contribution < -0.4 is 0 Å². The first-order valence-corrected chi connectivity index (χ1v) is 6.91. The van der Waals surface area contributed by atoms with E-state index in [1.165, 1.54) is 6.07 Å². The van der Waals surface area contributed by atoms with Gasteiger partial charge < -0.3 is 9.67 Å². The number of hydrogen-bond donors (Lipinski definition) is 1. The molecule has 0 aliphatic heterocycles. The van der Waals surface area contributed by atoms with Crippen LogP contribution in [0.2, 0.25) is 0 Å². The van der Waals surface area contributed by atoms with Crippen molar-refractivity contribution in [2.45, 2.75) is 26.5 Å². The third-order valence-electron chi connectivity index (χ3n) is 3.71. The zero-order chi connectivity index (χ0) is 15.0. The Morgan fingerprint density at radius 1 is 1.24 bits per heavy atom. The molecule has 0 saturated heterocycles. The Morgan fingerprint density at radius 2 is 2.00 bits per heavy atom. The van der Waals surface area contributed by atoms with Crippen LogP contribution in [0.1, 0.15) is 22.8 Å². The van der Waals surface area contributed by atoms with Crippen LogP contribution in [0.4, 0.5) is 4.39 Å². The first-order valence-electron chi connectivity index (χ1n) is 6.91. The second-order valence-electron chi connectivity index (χ2n) is 5.38. The standard InChI is InChI=1S/C17H17FN2O/c1-11-7-12(2)17(13(18)8-11)16(21)9-20-10-19-14-5-3-4-6-15(14)20/h3-8,10,16,21H,9H2,1-2H3. The molecule has 0 saturated carbocycles. The van der Waals surface area contributed by atoms with Gasteiger partial charge in [-0.3, -0.25) is 0 Å². The van der Waals surface area contributed by atoms with Crippen LogP contribution in [-0.4, -0.2) is 14.7 Å². The molecule has 0 spiro atoms. The Hall–Kier alpha value is -2.20. The average Bonchev–Trinajstić information content (AvgIpc) is 2.81. The van der Waals surface area contributed by atoms with E-state index in [1.807, 2.05) is 48.7 Å². The van der Waals surface area contributed by atoms with E-state index in [-0.39, 0.29) is 12.4 Å². The van der Waals surface area contributed by atoms with E-state index in [1.54, 1.807) is 6.33 Å². The summed E-state index contributed by atoms with van der Waals surface area (Å²) in [6.07, 6.45) is 0.776. The topological polar surface area (TPSA) is 38.0 Å². The van der Waals surface area contributed by atoms with Gasteiger partial charge in [0, 0.05) is 5.56 Å². The molecule has 108 valence electrons. The average molecular weight is 284 g/mol. The van der Waals surface area contributed by atoms with Crippen LogP contribution in [0, 0.1) is 19.7 Å². The molecule has 0 amide bonds. The highest BCUT2D eigenvalue weighted by Gasteiger charge is 2.17. The summed E-state index contributed by atoms with van der Waals surface area (Å²) in [5, 5.41) is 10.4. The van der Waals surface area contributed by atoms with Gasteiger partial charge in [-0.2, -0.15) is 0 Å². The van der Waals surface area contributed by atoms with Crippen LogP contribution in [0.3, 0.4) is 0 Å². The lowest BCUT2D eigenvalue weighted by molar-refractivity contribution is 0.152. The number of rotatable bonds is 3. The molecule has 0 radical (unpaired) electrons. The number of benzene rings is 2. The number of fused-ring (bicyclic) bond motifs is 1. The highest BCUT2D eigenvalue weighted by molar-refractivity contribution is 5.74. The Bertz CT molecular complexity index is 771. The largest absolute Gasteiger partial charge is 0.386 e. The van der Waals surface area contributed by atoms with Crippen molar-refractivity contribution in [3.8, 4) is 0 Å². The number of para-hydroxylation sites is 2. The predicted molar refractivity (Wildman–Crippen MR) is 80.6 cm³/mol. The maximum Gasteiger partial charge on any atom is 0.129 e. The highest BCUT2D eigenvalue weighted by atomic mass is 19.1. The van der Waals surface area contributed by atoms with Gasteiger partial charge in [0.15, 0.2) is 0 Å². The van der Waals surface area contributed by atoms with Gasteiger partial charge in [-0.1, -0.05) is 18.2 Å². The van der Waals surface area contributed by atoms with Gasteiger partial charge in [-0.25, -0.2) is 9.37 Å². The third-order valence-corrected chi connectivity index (χ3v) is 3.71. The first-order chi connectivity index (χ1) is 10.1. The van der Waals surface area contributed by atoms with E-state index >= 15 is 0 Å². The van der Waals surface area contributed by atoms with Crippen molar-refractivity contribution in [1.82, 2.24) is 9.55 Å².